The van der Waals surface area contributed by atoms with Crippen LogP contribution in [0.5, 0.6) is 0 Å². The van der Waals surface area contributed by atoms with Crippen molar-refractivity contribution < 1.29 is 0 Å². The number of nitrogens with zero attached hydrogens (tertiary/aromatic N) is 3. The van der Waals surface area contributed by atoms with Crippen molar-refractivity contribution in [2.75, 3.05) is 0 Å². The molecule has 2 aromatic rings. The summed E-state index contributed by atoms with van der Waals surface area (Å²) < 4.78 is 1.99. The summed E-state index contributed by atoms with van der Waals surface area (Å²) in [6, 6.07) is 2.00. The van der Waals surface area contributed by atoms with Crippen LogP contribution < -0.4 is 0 Å². The summed E-state index contributed by atoms with van der Waals surface area (Å²) in [5.74, 6) is 0. The van der Waals surface area contributed by atoms with Crippen LogP contribution in [-0.2, 0) is 6.54 Å². The summed E-state index contributed by atoms with van der Waals surface area (Å²) in [6.07, 6.45) is 3.67. The Morgan fingerprint density at radius 3 is 3.08 bits per heavy atom. The lowest BCUT2D eigenvalue weighted by molar-refractivity contribution is 0.676. The van der Waals surface area contributed by atoms with E-state index in [0.717, 1.165) is 17.6 Å². The average molecular weight is 161 g/mol. The third-order valence-corrected chi connectivity index (χ3v) is 2.04. The second-order valence-electron chi connectivity index (χ2n) is 2.79. The zero-order valence-electron chi connectivity index (χ0n) is 7.28. The number of rotatable bonds is 1. The van der Waals surface area contributed by atoms with Crippen molar-refractivity contribution in [1.29, 1.82) is 0 Å². The SMILES string of the molecule is CCn1nc(C)c2cnccc21. The molecule has 0 saturated heterocycles. The van der Waals surface area contributed by atoms with Gasteiger partial charge in [-0.15, -0.1) is 0 Å². The fourth-order valence-electron chi connectivity index (χ4n) is 1.42. The van der Waals surface area contributed by atoms with Crippen molar-refractivity contribution in [3.8, 4) is 0 Å². The largest absolute Gasteiger partial charge is 0.265 e. The van der Waals surface area contributed by atoms with Crippen molar-refractivity contribution in [3.63, 3.8) is 0 Å². The maximum Gasteiger partial charge on any atom is 0.0715 e. The number of aryl methyl sites for hydroxylation is 2. The molecule has 0 spiro atoms. The third kappa shape index (κ3) is 0.897. The van der Waals surface area contributed by atoms with Crippen LogP contribution in [0.4, 0.5) is 0 Å². The predicted molar refractivity (Wildman–Crippen MR) is 47.9 cm³/mol. The van der Waals surface area contributed by atoms with Crippen LogP contribution >= 0.6 is 0 Å². The Labute approximate surface area is 71.0 Å². The first-order valence-corrected chi connectivity index (χ1v) is 4.10. The first kappa shape index (κ1) is 7.28. The highest BCUT2D eigenvalue weighted by Crippen LogP contribution is 2.15. The van der Waals surface area contributed by atoms with Crippen LogP contribution in [0.1, 0.15) is 12.6 Å². The maximum atomic E-state index is 4.38. The molecular formula is C9H11N3. The summed E-state index contributed by atoms with van der Waals surface area (Å²) in [4.78, 5) is 4.07. The lowest BCUT2D eigenvalue weighted by atomic mass is 10.3. The van der Waals surface area contributed by atoms with E-state index in [1.807, 2.05) is 23.9 Å². The lowest BCUT2D eigenvalue weighted by Gasteiger charge is -1.95. The molecule has 2 heterocycles. The maximum absolute atomic E-state index is 4.38. The van der Waals surface area contributed by atoms with Gasteiger partial charge in [0, 0.05) is 24.3 Å². The van der Waals surface area contributed by atoms with Gasteiger partial charge in [-0.3, -0.25) is 9.67 Å². The molecule has 12 heavy (non-hydrogen) atoms. The van der Waals surface area contributed by atoms with Crippen LogP contribution in [0.25, 0.3) is 10.9 Å². The molecule has 0 N–H and O–H groups in total. The highest BCUT2D eigenvalue weighted by molar-refractivity contribution is 5.80. The molecule has 0 unspecified atom stereocenters. The molecule has 0 saturated carbocycles. The molecule has 0 radical (unpaired) electrons. The van der Waals surface area contributed by atoms with Crippen molar-refractivity contribution >= 4 is 10.9 Å². The summed E-state index contributed by atoms with van der Waals surface area (Å²) in [5.41, 5.74) is 2.23. The first-order valence-electron chi connectivity index (χ1n) is 4.10. The van der Waals surface area contributed by atoms with E-state index in [1.54, 1.807) is 6.20 Å². The zero-order valence-corrected chi connectivity index (χ0v) is 7.28. The molecule has 3 heteroatoms. The number of pyridine rings is 1. The molecule has 62 valence electrons. The lowest BCUT2D eigenvalue weighted by Crippen LogP contribution is -1.95. The van der Waals surface area contributed by atoms with Crippen LogP contribution in [-0.4, -0.2) is 14.8 Å². The Kier molecular flexibility index (Phi) is 1.57. The van der Waals surface area contributed by atoms with E-state index in [2.05, 4.69) is 17.0 Å². The summed E-state index contributed by atoms with van der Waals surface area (Å²) in [5, 5.41) is 5.54. The second-order valence-corrected chi connectivity index (χ2v) is 2.79. The summed E-state index contributed by atoms with van der Waals surface area (Å²) >= 11 is 0. The molecule has 0 aliphatic carbocycles. The molecule has 0 atom stereocenters. The van der Waals surface area contributed by atoms with Crippen LogP contribution in [0, 0.1) is 6.92 Å². The van der Waals surface area contributed by atoms with E-state index in [9.17, 15) is 0 Å². The normalized spacial score (nSPS) is 10.8. The Bertz CT molecular complexity index is 403. The van der Waals surface area contributed by atoms with Gasteiger partial charge in [0.1, 0.15) is 0 Å². The smallest absolute Gasteiger partial charge is 0.0715 e. The van der Waals surface area contributed by atoms with Gasteiger partial charge in [0.05, 0.1) is 11.2 Å². The Hall–Kier alpha value is -1.38. The average Bonchev–Trinajstić information content (AvgIpc) is 2.44. The summed E-state index contributed by atoms with van der Waals surface area (Å²) in [7, 11) is 0. The minimum Gasteiger partial charge on any atom is -0.265 e. The standard InChI is InChI=1S/C9H11N3/c1-3-12-9-4-5-10-6-8(9)7(2)11-12/h4-6H,3H2,1-2H3. The van der Waals surface area contributed by atoms with E-state index < -0.39 is 0 Å². The number of hydrogen-bond acceptors (Lipinski definition) is 2. The van der Waals surface area contributed by atoms with E-state index >= 15 is 0 Å². The predicted octanol–water partition coefficient (Wildman–Crippen LogP) is 1.76. The van der Waals surface area contributed by atoms with Gasteiger partial charge < -0.3 is 0 Å². The molecule has 0 bridgehead atoms. The molecule has 3 nitrogen and oxygen atoms in total. The van der Waals surface area contributed by atoms with Crippen molar-refractivity contribution in [3.05, 3.63) is 24.2 Å². The molecule has 0 fully saturated rings. The molecule has 0 aromatic carbocycles. The van der Waals surface area contributed by atoms with Gasteiger partial charge in [0.15, 0.2) is 0 Å². The topological polar surface area (TPSA) is 30.7 Å². The molecule has 0 aliphatic rings. The fraction of sp³-hybridized carbons (Fsp3) is 0.333. The van der Waals surface area contributed by atoms with Gasteiger partial charge >= 0.3 is 0 Å². The van der Waals surface area contributed by atoms with Gasteiger partial charge in [-0.2, -0.15) is 5.10 Å². The Balaban J connectivity index is 2.82. The minimum atomic E-state index is 0.911. The van der Waals surface area contributed by atoms with Gasteiger partial charge in [0.2, 0.25) is 0 Å². The number of fused-ring (bicyclic) bond motifs is 1. The van der Waals surface area contributed by atoms with Gasteiger partial charge in [-0.05, 0) is 19.9 Å². The third-order valence-electron chi connectivity index (χ3n) is 2.04. The number of hydrogen-bond donors (Lipinski definition) is 0. The van der Waals surface area contributed by atoms with Gasteiger partial charge in [0.25, 0.3) is 0 Å². The van der Waals surface area contributed by atoms with E-state index in [1.165, 1.54) is 5.52 Å². The van der Waals surface area contributed by atoms with Crippen molar-refractivity contribution in [2.45, 2.75) is 20.4 Å². The zero-order chi connectivity index (χ0) is 8.55. The monoisotopic (exact) mass is 161 g/mol. The van der Waals surface area contributed by atoms with E-state index in [0.29, 0.717) is 0 Å². The molecule has 0 aliphatic heterocycles. The Morgan fingerprint density at radius 1 is 1.50 bits per heavy atom. The van der Waals surface area contributed by atoms with Crippen molar-refractivity contribution in [2.24, 2.45) is 0 Å². The van der Waals surface area contributed by atoms with Crippen molar-refractivity contribution in [1.82, 2.24) is 14.8 Å². The molecule has 2 rings (SSSR count). The first-order chi connectivity index (χ1) is 5.83. The van der Waals surface area contributed by atoms with Gasteiger partial charge in [-0.1, -0.05) is 0 Å². The van der Waals surface area contributed by atoms with Gasteiger partial charge in [-0.25, -0.2) is 0 Å². The summed E-state index contributed by atoms with van der Waals surface area (Å²) in [6.45, 7) is 5.01. The fourth-order valence-corrected chi connectivity index (χ4v) is 1.42. The highest BCUT2D eigenvalue weighted by Gasteiger charge is 2.03. The van der Waals surface area contributed by atoms with E-state index in [-0.39, 0.29) is 0 Å². The molecule has 0 amide bonds. The molecule has 2 aromatic heterocycles. The second kappa shape index (κ2) is 2.59. The molecular weight excluding hydrogens is 150 g/mol. The van der Waals surface area contributed by atoms with Crippen LogP contribution in [0.15, 0.2) is 18.5 Å². The quantitative estimate of drug-likeness (QED) is 0.638. The number of aromatic nitrogens is 3. The Morgan fingerprint density at radius 2 is 2.33 bits per heavy atom. The van der Waals surface area contributed by atoms with Crippen LogP contribution in [0.3, 0.4) is 0 Å². The minimum absolute atomic E-state index is 0.911. The van der Waals surface area contributed by atoms with Crippen LogP contribution in [0.2, 0.25) is 0 Å². The van der Waals surface area contributed by atoms with E-state index in [4.69, 9.17) is 0 Å². The highest BCUT2D eigenvalue weighted by atomic mass is 15.3.